The highest BCUT2D eigenvalue weighted by Gasteiger charge is 2.33. The van der Waals surface area contributed by atoms with Crippen LogP contribution in [0.2, 0.25) is 0 Å². The van der Waals surface area contributed by atoms with E-state index in [1.165, 1.54) is 0 Å². The molecular weight excluding hydrogens is 247 g/mol. The third-order valence-corrected chi connectivity index (χ3v) is 2.84. The summed E-state index contributed by atoms with van der Waals surface area (Å²) in [5.41, 5.74) is 0. The Morgan fingerprint density at radius 1 is 1.28 bits per heavy atom. The number of hydrogen-bond donors (Lipinski definition) is 1. The van der Waals surface area contributed by atoms with Gasteiger partial charge in [-0.2, -0.15) is 18.2 Å². The molecular formula is C11H18F3N3O. The first-order valence-corrected chi connectivity index (χ1v) is 5.81. The van der Waals surface area contributed by atoms with E-state index in [-0.39, 0.29) is 29.6 Å². The third-order valence-electron chi connectivity index (χ3n) is 2.84. The molecule has 1 rings (SSSR count). The zero-order valence-electron chi connectivity index (χ0n) is 10.9. The first kappa shape index (κ1) is 14.9. The van der Waals surface area contributed by atoms with Gasteiger partial charge < -0.3 is 9.84 Å². The maximum absolute atomic E-state index is 12.2. The Bertz CT molecular complexity index is 376. The molecule has 0 fully saturated rings. The molecule has 0 saturated carbocycles. The summed E-state index contributed by atoms with van der Waals surface area (Å²) >= 11 is 0. The highest BCUT2D eigenvalue weighted by atomic mass is 19.4. The van der Waals surface area contributed by atoms with Crippen molar-refractivity contribution < 1.29 is 17.7 Å². The molecule has 7 heteroatoms. The number of aromatic nitrogens is 2. The average molecular weight is 265 g/mol. The highest BCUT2D eigenvalue weighted by Crippen LogP contribution is 2.27. The van der Waals surface area contributed by atoms with E-state index < -0.39 is 12.6 Å². The molecule has 1 aromatic heterocycles. The van der Waals surface area contributed by atoms with Crippen LogP contribution in [0.5, 0.6) is 0 Å². The van der Waals surface area contributed by atoms with Crippen LogP contribution in [0.25, 0.3) is 0 Å². The Labute approximate surface area is 104 Å². The zero-order valence-corrected chi connectivity index (χ0v) is 10.9. The number of alkyl halides is 3. The normalized spacial score (nSPS) is 16.0. The van der Waals surface area contributed by atoms with Crippen molar-refractivity contribution in [2.24, 2.45) is 5.92 Å². The first-order chi connectivity index (χ1) is 8.24. The summed E-state index contributed by atoms with van der Waals surface area (Å²) in [7, 11) is 1.78. The molecule has 2 unspecified atom stereocenters. The number of likely N-dealkylation sites (N-methyl/N-ethyl adjacent to an activating group) is 1. The van der Waals surface area contributed by atoms with Crippen LogP contribution in [-0.2, 0) is 6.42 Å². The van der Waals surface area contributed by atoms with Gasteiger partial charge in [0.2, 0.25) is 5.89 Å². The van der Waals surface area contributed by atoms with E-state index >= 15 is 0 Å². The monoisotopic (exact) mass is 265 g/mol. The lowest BCUT2D eigenvalue weighted by Crippen LogP contribution is -2.32. The quantitative estimate of drug-likeness (QED) is 0.888. The zero-order chi connectivity index (χ0) is 13.9. The first-order valence-electron chi connectivity index (χ1n) is 5.81. The molecule has 104 valence electrons. The molecule has 0 amide bonds. The Balaban J connectivity index is 2.88. The largest absolute Gasteiger partial charge is 0.396 e. The van der Waals surface area contributed by atoms with Crippen LogP contribution >= 0.6 is 0 Å². The van der Waals surface area contributed by atoms with Gasteiger partial charge in [-0.25, -0.2) is 0 Å². The Hall–Kier alpha value is -1.11. The van der Waals surface area contributed by atoms with E-state index in [0.29, 0.717) is 0 Å². The van der Waals surface area contributed by atoms with Gasteiger partial charge >= 0.3 is 6.18 Å². The van der Waals surface area contributed by atoms with Gasteiger partial charge in [0.1, 0.15) is 6.42 Å². The number of nitrogens with zero attached hydrogens (tertiary/aromatic N) is 2. The lowest BCUT2D eigenvalue weighted by atomic mass is 9.89. The standard InChI is InChI=1S/C11H18F3N3O/c1-6(2)9(7(3)15-4)10-16-8(17-18-10)5-11(12,13)14/h6-7,9,15H,5H2,1-4H3. The average Bonchev–Trinajstić information content (AvgIpc) is 2.62. The fraction of sp³-hybridized carbons (Fsp3) is 0.818. The molecule has 0 spiro atoms. The van der Waals surface area contributed by atoms with Crippen molar-refractivity contribution in [2.45, 2.75) is 45.3 Å². The molecule has 0 saturated heterocycles. The summed E-state index contributed by atoms with van der Waals surface area (Å²) in [4.78, 5) is 3.85. The van der Waals surface area contributed by atoms with E-state index in [1.807, 2.05) is 20.8 Å². The van der Waals surface area contributed by atoms with E-state index in [0.717, 1.165) is 0 Å². The fourth-order valence-corrected chi connectivity index (χ4v) is 1.91. The van der Waals surface area contributed by atoms with Gasteiger partial charge in [0.25, 0.3) is 0 Å². The van der Waals surface area contributed by atoms with Crippen LogP contribution < -0.4 is 5.32 Å². The van der Waals surface area contributed by atoms with Crippen LogP contribution in [0.4, 0.5) is 13.2 Å². The Kier molecular flexibility index (Phi) is 4.72. The minimum atomic E-state index is -4.32. The summed E-state index contributed by atoms with van der Waals surface area (Å²) in [6.45, 7) is 5.86. The maximum Gasteiger partial charge on any atom is 0.396 e. The van der Waals surface area contributed by atoms with Crippen LogP contribution in [-0.4, -0.2) is 29.4 Å². The van der Waals surface area contributed by atoms with Gasteiger partial charge in [-0.1, -0.05) is 19.0 Å². The molecule has 2 atom stereocenters. The minimum Gasteiger partial charge on any atom is -0.339 e. The number of nitrogens with one attached hydrogen (secondary N) is 1. The van der Waals surface area contributed by atoms with Gasteiger partial charge in [-0.15, -0.1) is 0 Å². The smallest absolute Gasteiger partial charge is 0.339 e. The van der Waals surface area contributed by atoms with Crippen molar-refractivity contribution in [1.82, 2.24) is 15.5 Å². The Morgan fingerprint density at radius 2 is 1.89 bits per heavy atom. The lowest BCUT2D eigenvalue weighted by molar-refractivity contribution is -0.128. The summed E-state index contributed by atoms with van der Waals surface area (Å²) in [5.74, 6) is 0.0219. The molecule has 0 radical (unpaired) electrons. The van der Waals surface area contributed by atoms with Gasteiger partial charge in [0, 0.05) is 6.04 Å². The Morgan fingerprint density at radius 3 is 2.33 bits per heavy atom. The van der Waals surface area contributed by atoms with Crippen LogP contribution in [0.1, 0.15) is 38.4 Å². The number of halogens is 3. The minimum absolute atomic E-state index is 0.0455. The topological polar surface area (TPSA) is 51.0 Å². The molecule has 1 heterocycles. The van der Waals surface area contributed by atoms with Crippen LogP contribution in [0.3, 0.4) is 0 Å². The molecule has 0 aliphatic carbocycles. The van der Waals surface area contributed by atoms with Crippen molar-refractivity contribution in [2.75, 3.05) is 7.05 Å². The molecule has 4 nitrogen and oxygen atoms in total. The van der Waals surface area contributed by atoms with Crippen LogP contribution in [0, 0.1) is 5.92 Å². The molecule has 0 aliphatic heterocycles. The van der Waals surface area contributed by atoms with E-state index in [1.54, 1.807) is 7.05 Å². The van der Waals surface area contributed by atoms with Crippen molar-refractivity contribution in [3.63, 3.8) is 0 Å². The molecule has 18 heavy (non-hydrogen) atoms. The molecule has 0 aliphatic rings. The molecule has 1 N–H and O–H groups in total. The molecule has 1 aromatic rings. The highest BCUT2D eigenvalue weighted by molar-refractivity contribution is 5.00. The van der Waals surface area contributed by atoms with E-state index in [9.17, 15) is 13.2 Å². The second kappa shape index (κ2) is 5.69. The lowest BCUT2D eigenvalue weighted by Gasteiger charge is -2.23. The van der Waals surface area contributed by atoms with Crippen molar-refractivity contribution in [3.05, 3.63) is 11.7 Å². The van der Waals surface area contributed by atoms with Gasteiger partial charge in [-0.05, 0) is 19.9 Å². The van der Waals surface area contributed by atoms with Crippen molar-refractivity contribution in [1.29, 1.82) is 0 Å². The summed E-state index contributed by atoms with van der Waals surface area (Å²) in [6, 6.07) is 0.0455. The number of hydrogen-bond acceptors (Lipinski definition) is 4. The second-order valence-electron chi connectivity index (χ2n) is 4.69. The summed E-state index contributed by atoms with van der Waals surface area (Å²) in [6.07, 6.45) is -5.47. The third kappa shape index (κ3) is 3.97. The van der Waals surface area contributed by atoms with Crippen molar-refractivity contribution in [3.8, 4) is 0 Å². The molecule has 0 aromatic carbocycles. The predicted molar refractivity (Wildman–Crippen MR) is 60.2 cm³/mol. The number of rotatable bonds is 5. The SMILES string of the molecule is CNC(C)C(c1nc(CC(F)(F)F)no1)C(C)C. The van der Waals surface area contributed by atoms with Gasteiger partial charge in [-0.3, -0.25) is 0 Å². The predicted octanol–water partition coefficient (Wildman–Crippen LogP) is 2.52. The summed E-state index contributed by atoms with van der Waals surface area (Å²) in [5, 5.41) is 6.44. The van der Waals surface area contributed by atoms with Gasteiger partial charge in [0.05, 0.1) is 5.92 Å². The van der Waals surface area contributed by atoms with Gasteiger partial charge in [0.15, 0.2) is 5.82 Å². The molecule has 0 bridgehead atoms. The summed E-state index contributed by atoms with van der Waals surface area (Å²) < 4.78 is 41.6. The van der Waals surface area contributed by atoms with Crippen molar-refractivity contribution >= 4 is 0 Å². The van der Waals surface area contributed by atoms with E-state index in [4.69, 9.17) is 4.52 Å². The van der Waals surface area contributed by atoms with E-state index in [2.05, 4.69) is 15.5 Å². The fourth-order valence-electron chi connectivity index (χ4n) is 1.91. The maximum atomic E-state index is 12.2. The second-order valence-corrected chi connectivity index (χ2v) is 4.69. The van der Waals surface area contributed by atoms with Crippen LogP contribution in [0.15, 0.2) is 4.52 Å².